The molecule has 142 valence electrons. The maximum Gasteiger partial charge on any atom is 0.238 e. The molecule has 0 bridgehead atoms. The van der Waals surface area contributed by atoms with Crippen molar-refractivity contribution in [2.45, 2.75) is 31.7 Å². The Bertz CT molecular complexity index is 839. The number of benzene rings is 2. The summed E-state index contributed by atoms with van der Waals surface area (Å²) in [5, 5.41) is 8.35. The summed E-state index contributed by atoms with van der Waals surface area (Å²) in [6.45, 7) is 5.68. The van der Waals surface area contributed by atoms with Crippen molar-refractivity contribution in [1.29, 1.82) is 0 Å². The third kappa shape index (κ3) is 5.62. The third-order valence-electron chi connectivity index (χ3n) is 3.50. The summed E-state index contributed by atoms with van der Waals surface area (Å²) in [6.07, 6.45) is 0.913. The summed E-state index contributed by atoms with van der Waals surface area (Å²) in [6, 6.07) is 10.2. The standard InChI is InChI=1S/C18H23BrN2O4S/c1-3-9-25-18-16(19)10-13(11-17(18)24-4-2)12-21-14-5-7-15(8-6-14)26(20,22)23/h5-8,10-11,21H,3-4,9,12H2,1-2H3,(H2,20,22,23). The van der Waals surface area contributed by atoms with Gasteiger partial charge in [0.05, 0.1) is 22.6 Å². The molecule has 0 aromatic heterocycles. The average molecular weight is 443 g/mol. The van der Waals surface area contributed by atoms with E-state index >= 15 is 0 Å². The van der Waals surface area contributed by atoms with E-state index in [0.29, 0.717) is 31.3 Å². The van der Waals surface area contributed by atoms with Crippen molar-refractivity contribution in [2.75, 3.05) is 18.5 Å². The number of nitrogens with two attached hydrogens (primary N) is 1. The van der Waals surface area contributed by atoms with Crippen LogP contribution in [0.25, 0.3) is 0 Å². The van der Waals surface area contributed by atoms with Gasteiger partial charge in [0.1, 0.15) is 0 Å². The van der Waals surface area contributed by atoms with Gasteiger partial charge in [0.15, 0.2) is 11.5 Å². The van der Waals surface area contributed by atoms with Gasteiger partial charge in [0, 0.05) is 12.2 Å². The lowest BCUT2D eigenvalue weighted by atomic mass is 10.2. The number of primary sulfonamides is 1. The molecule has 3 N–H and O–H groups in total. The molecule has 2 aromatic carbocycles. The van der Waals surface area contributed by atoms with Crippen LogP contribution >= 0.6 is 15.9 Å². The number of hydrogen-bond acceptors (Lipinski definition) is 5. The molecule has 0 spiro atoms. The van der Waals surface area contributed by atoms with Gasteiger partial charge in [0.2, 0.25) is 10.0 Å². The lowest BCUT2D eigenvalue weighted by Gasteiger charge is -2.16. The zero-order chi connectivity index (χ0) is 19.2. The van der Waals surface area contributed by atoms with Gasteiger partial charge in [-0.3, -0.25) is 0 Å². The summed E-state index contributed by atoms with van der Waals surface area (Å²) >= 11 is 3.54. The van der Waals surface area contributed by atoms with E-state index in [-0.39, 0.29) is 4.90 Å². The quantitative estimate of drug-likeness (QED) is 0.614. The monoisotopic (exact) mass is 442 g/mol. The Kier molecular flexibility index (Phi) is 7.31. The van der Waals surface area contributed by atoms with Crippen molar-refractivity contribution in [3.63, 3.8) is 0 Å². The van der Waals surface area contributed by atoms with Crippen LogP contribution in [-0.4, -0.2) is 21.6 Å². The van der Waals surface area contributed by atoms with E-state index in [1.807, 2.05) is 26.0 Å². The van der Waals surface area contributed by atoms with Crippen LogP contribution in [-0.2, 0) is 16.6 Å². The zero-order valence-electron chi connectivity index (χ0n) is 14.8. The lowest BCUT2D eigenvalue weighted by molar-refractivity contribution is 0.275. The number of sulfonamides is 1. The Hall–Kier alpha value is -1.77. The molecule has 0 fully saturated rings. The first-order chi connectivity index (χ1) is 12.3. The fourth-order valence-electron chi connectivity index (χ4n) is 2.30. The molecular formula is C18H23BrN2O4S. The maximum absolute atomic E-state index is 11.3. The minimum absolute atomic E-state index is 0.0850. The van der Waals surface area contributed by atoms with Crippen molar-refractivity contribution >= 4 is 31.6 Å². The Balaban J connectivity index is 2.13. The van der Waals surface area contributed by atoms with Crippen LogP contribution in [0.1, 0.15) is 25.8 Å². The Morgan fingerprint density at radius 2 is 1.81 bits per heavy atom. The van der Waals surface area contributed by atoms with E-state index in [1.165, 1.54) is 12.1 Å². The molecule has 0 aliphatic heterocycles. The molecule has 0 unspecified atom stereocenters. The van der Waals surface area contributed by atoms with Crippen LogP contribution in [0.3, 0.4) is 0 Å². The number of rotatable bonds is 9. The van der Waals surface area contributed by atoms with Gasteiger partial charge in [-0.05, 0) is 71.2 Å². The van der Waals surface area contributed by atoms with Crippen molar-refractivity contribution in [2.24, 2.45) is 5.14 Å². The van der Waals surface area contributed by atoms with Crippen LogP contribution in [0.15, 0.2) is 45.8 Å². The number of anilines is 1. The molecule has 6 nitrogen and oxygen atoms in total. The molecule has 0 atom stereocenters. The summed E-state index contributed by atoms with van der Waals surface area (Å²) < 4.78 is 34.9. The normalized spacial score (nSPS) is 11.2. The average Bonchev–Trinajstić information content (AvgIpc) is 2.59. The van der Waals surface area contributed by atoms with Gasteiger partial charge in [0.25, 0.3) is 0 Å². The maximum atomic E-state index is 11.3. The minimum Gasteiger partial charge on any atom is -0.490 e. The molecule has 8 heteroatoms. The first-order valence-corrected chi connectivity index (χ1v) is 10.6. The van der Waals surface area contributed by atoms with Crippen LogP contribution < -0.4 is 19.9 Å². The van der Waals surface area contributed by atoms with E-state index in [2.05, 4.69) is 21.2 Å². The second-order valence-electron chi connectivity index (χ2n) is 5.61. The first-order valence-electron chi connectivity index (χ1n) is 8.30. The van der Waals surface area contributed by atoms with Crippen molar-refractivity contribution < 1.29 is 17.9 Å². The summed E-state index contributed by atoms with van der Waals surface area (Å²) in [5.41, 5.74) is 1.79. The minimum atomic E-state index is -3.68. The first kappa shape index (κ1) is 20.5. The Labute approximate surface area is 162 Å². The molecule has 0 saturated heterocycles. The van der Waals surface area contributed by atoms with E-state index in [9.17, 15) is 8.42 Å². The van der Waals surface area contributed by atoms with Crippen LogP contribution in [0.2, 0.25) is 0 Å². The number of halogens is 1. The smallest absolute Gasteiger partial charge is 0.238 e. The molecule has 0 amide bonds. The van der Waals surface area contributed by atoms with Crippen molar-refractivity contribution in [3.05, 3.63) is 46.4 Å². The van der Waals surface area contributed by atoms with Crippen LogP contribution in [0, 0.1) is 0 Å². The van der Waals surface area contributed by atoms with Gasteiger partial charge in [-0.15, -0.1) is 0 Å². The summed E-state index contributed by atoms with van der Waals surface area (Å²) in [7, 11) is -3.68. The second-order valence-corrected chi connectivity index (χ2v) is 8.03. The highest BCUT2D eigenvalue weighted by Crippen LogP contribution is 2.37. The van der Waals surface area contributed by atoms with Gasteiger partial charge in [-0.25, -0.2) is 13.6 Å². The van der Waals surface area contributed by atoms with E-state index in [4.69, 9.17) is 14.6 Å². The summed E-state index contributed by atoms with van der Waals surface area (Å²) in [4.78, 5) is 0.0850. The predicted molar refractivity (Wildman–Crippen MR) is 106 cm³/mol. The molecule has 0 aliphatic carbocycles. The fraction of sp³-hybridized carbons (Fsp3) is 0.333. The van der Waals surface area contributed by atoms with Gasteiger partial charge < -0.3 is 14.8 Å². The molecule has 2 aromatic rings. The van der Waals surface area contributed by atoms with Crippen LogP contribution in [0.5, 0.6) is 11.5 Å². The van der Waals surface area contributed by atoms with Gasteiger partial charge in [-0.2, -0.15) is 0 Å². The topological polar surface area (TPSA) is 90.6 Å². The number of ether oxygens (including phenoxy) is 2. The Morgan fingerprint density at radius 3 is 2.38 bits per heavy atom. The molecule has 0 aliphatic rings. The number of nitrogens with one attached hydrogen (secondary N) is 1. The van der Waals surface area contributed by atoms with Crippen molar-refractivity contribution in [1.82, 2.24) is 0 Å². The molecular weight excluding hydrogens is 420 g/mol. The predicted octanol–water partition coefficient (Wildman–Crippen LogP) is 3.90. The lowest BCUT2D eigenvalue weighted by Crippen LogP contribution is -2.12. The SMILES string of the molecule is CCCOc1c(Br)cc(CNc2ccc(S(N)(=O)=O)cc2)cc1OCC. The molecule has 0 radical (unpaired) electrons. The zero-order valence-corrected chi connectivity index (χ0v) is 17.2. The molecule has 0 saturated carbocycles. The fourth-order valence-corrected chi connectivity index (χ4v) is 3.42. The molecule has 2 rings (SSSR count). The second kappa shape index (κ2) is 9.25. The van der Waals surface area contributed by atoms with Crippen LogP contribution in [0.4, 0.5) is 5.69 Å². The highest BCUT2D eigenvalue weighted by atomic mass is 79.9. The summed E-state index contributed by atoms with van der Waals surface area (Å²) in [5.74, 6) is 1.40. The number of hydrogen-bond donors (Lipinski definition) is 2. The molecule has 26 heavy (non-hydrogen) atoms. The van der Waals surface area contributed by atoms with E-state index in [0.717, 1.165) is 22.1 Å². The van der Waals surface area contributed by atoms with Gasteiger partial charge >= 0.3 is 0 Å². The van der Waals surface area contributed by atoms with E-state index in [1.54, 1.807) is 12.1 Å². The van der Waals surface area contributed by atoms with Gasteiger partial charge in [-0.1, -0.05) is 6.92 Å². The van der Waals surface area contributed by atoms with Crippen molar-refractivity contribution in [3.8, 4) is 11.5 Å². The largest absolute Gasteiger partial charge is 0.490 e. The highest BCUT2D eigenvalue weighted by molar-refractivity contribution is 9.10. The third-order valence-corrected chi connectivity index (χ3v) is 5.02. The Morgan fingerprint density at radius 1 is 1.12 bits per heavy atom. The van der Waals surface area contributed by atoms with E-state index < -0.39 is 10.0 Å². The molecule has 0 heterocycles. The highest BCUT2D eigenvalue weighted by Gasteiger charge is 2.12.